The van der Waals surface area contributed by atoms with Gasteiger partial charge in [0.2, 0.25) is 5.91 Å². The molecule has 0 unspecified atom stereocenters. The third kappa shape index (κ3) is 4.97. The van der Waals surface area contributed by atoms with E-state index >= 15 is 0 Å². The molecule has 0 bridgehead atoms. The molecule has 1 aromatic rings. The number of aliphatic hydroxyl groups excluding tert-OH is 1. The zero-order chi connectivity index (χ0) is 14.3. The van der Waals surface area contributed by atoms with Gasteiger partial charge in [0.05, 0.1) is 19.6 Å². The van der Waals surface area contributed by atoms with Crippen molar-refractivity contribution in [2.24, 2.45) is 0 Å². The summed E-state index contributed by atoms with van der Waals surface area (Å²) in [5, 5.41) is 20.3. The Morgan fingerprint density at radius 2 is 2.05 bits per heavy atom. The van der Waals surface area contributed by atoms with Crippen LogP contribution in [-0.4, -0.2) is 28.7 Å². The Kier molecular flexibility index (Phi) is 5.81. The number of carbonyl (C=O) groups is 2. The van der Waals surface area contributed by atoms with E-state index in [-0.39, 0.29) is 25.4 Å². The maximum atomic E-state index is 11.5. The number of aliphatic carboxylic acids is 1. The van der Waals surface area contributed by atoms with E-state index in [0.29, 0.717) is 23.6 Å². The Labute approximate surface area is 111 Å². The van der Waals surface area contributed by atoms with Crippen molar-refractivity contribution >= 4 is 17.6 Å². The lowest BCUT2D eigenvalue weighted by Gasteiger charge is -2.11. The summed E-state index contributed by atoms with van der Waals surface area (Å²) in [6.45, 7) is 2.12. The first-order valence-corrected chi connectivity index (χ1v) is 5.95. The molecule has 3 N–H and O–H groups in total. The highest BCUT2D eigenvalue weighted by atomic mass is 16.5. The van der Waals surface area contributed by atoms with E-state index in [9.17, 15) is 14.7 Å². The molecule has 0 aromatic heterocycles. The van der Waals surface area contributed by atoms with Crippen molar-refractivity contribution in [1.29, 1.82) is 0 Å². The van der Waals surface area contributed by atoms with Crippen LogP contribution in [0, 0.1) is 0 Å². The zero-order valence-corrected chi connectivity index (χ0v) is 10.7. The van der Waals surface area contributed by atoms with Gasteiger partial charge in [-0.1, -0.05) is 0 Å². The minimum absolute atomic E-state index is 0.0863. The van der Waals surface area contributed by atoms with Crippen LogP contribution in [0.1, 0.15) is 25.3 Å². The maximum Gasteiger partial charge on any atom is 0.303 e. The van der Waals surface area contributed by atoms with E-state index in [0.717, 1.165) is 0 Å². The number of anilines is 1. The topological polar surface area (TPSA) is 95.9 Å². The Morgan fingerprint density at radius 3 is 2.63 bits per heavy atom. The molecule has 6 heteroatoms. The van der Waals surface area contributed by atoms with E-state index < -0.39 is 5.97 Å². The molecule has 19 heavy (non-hydrogen) atoms. The molecule has 0 fully saturated rings. The second-order valence-corrected chi connectivity index (χ2v) is 3.86. The van der Waals surface area contributed by atoms with Crippen molar-refractivity contribution in [3.63, 3.8) is 0 Å². The summed E-state index contributed by atoms with van der Waals surface area (Å²) in [5.41, 5.74) is 1.07. The standard InChI is InChI=1S/C13H17NO5/c1-2-19-11-4-3-10(7-9(11)8-15)14-12(16)5-6-13(17)18/h3-4,7,15H,2,5-6,8H2,1H3,(H,14,16)(H,17,18). The molecule has 6 nitrogen and oxygen atoms in total. The number of ether oxygens (including phenoxy) is 1. The molecule has 1 amide bonds. The van der Waals surface area contributed by atoms with Gasteiger partial charge in [0.1, 0.15) is 5.75 Å². The molecule has 0 radical (unpaired) electrons. The molecule has 1 aromatic carbocycles. The van der Waals surface area contributed by atoms with Gasteiger partial charge in [0.25, 0.3) is 0 Å². The average molecular weight is 267 g/mol. The number of hydrogen-bond acceptors (Lipinski definition) is 4. The summed E-state index contributed by atoms with van der Waals surface area (Å²) in [5.74, 6) is -0.832. The minimum atomic E-state index is -1.02. The number of aliphatic hydroxyl groups is 1. The molecule has 0 aliphatic heterocycles. The van der Waals surface area contributed by atoms with Gasteiger partial charge in [-0.2, -0.15) is 0 Å². The number of carbonyl (C=O) groups excluding carboxylic acids is 1. The number of amides is 1. The zero-order valence-electron chi connectivity index (χ0n) is 10.7. The molecule has 0 aliphatic carbocycles. The first-order chi connectivity index (χ1) is 9.06. The Bertz CT molecular complexity index is 458. The van der Waals surface area contributed by atoms with Crippen LogP contribution in [0.25, 0.3) is 0 Å². The second-order valence-electron chi connectivity index (χ2n) is 3.86. The molecular weight excluding hydrogens is 250 g/mol. The fraction of sp³-hybridized carbons (Fsp3) is 0.385. The third-order valence-corrected chi connectivity index (χ3v) is 2.38. The van der Waals surface area contributed by atoms with Gasteiger partial charge in [0, 0.05) is 17.7 Å². The number of rotatable bonds is 7. The molecule has 0 saturated heterocycles. The van der Waals surface area contributed by atoms with E-state index in [2.05, 4.69) is 5.32 Å². The van der Waals surface area contributed by atoms with Gasteiger partial charge in [0.15, 0.2) is 0 Å². The maximum absolute atomic E-state index is 11.5. The summed E-state index contributed by atoms with van der Waals surface area (Å²) < 4.78 is 5.32. The average Bonchev–Trinajstić information content (AvgIpc) is 2.38. The summed E-state index contributed by atoms with van der Waals surface area (Å²) in [7, 11) is 0. The lowest BCUT2D eigenvalue weighted by atomic mass is 10.2. The SMILES string of the molecule is CCOc1ccc(NC(=O)CCC(=O)O)cc1CO. The fourth-order valence-electron chi connectivity index (χ4n) is 1.52. The Hall–Kier alpha value is -2.08. The molecule has 0 atom stereocenters. The number of carboxylic acid groups (broad SMARTS) is 1. The molecule has 104 valence electrons. The molecular formula is C13H17NO5. The van der Waals surface area contributed by atoms with Crippen LogP contribution in [0.2, 0.25) is 0 Å². The van der Waals surface area contributed by atoms with Gasteiger partial charge < -0.3 is 20.3 Å². The van der Waals surface area contributed by atoms with Crippen LogP contribution >= 0.6 is 0 Å². The first kappa shape index (κ1) is 15.0. The van der Waals surface area contributed by atoms with Crippen molar-refractivity contribution in [1.82, 2.24) is 0 Å². The van der Waals surface area contributed by atoms with E-state index in [1.165, 1.54) is 0 Å². The van der Waals surface area contributed by atoms with Crippen molar-refractivity contribution in [2.45, 2.75) is 26.4 Å². The van der Waals surface area contributed by atoms with Gasteiger partial charge in [-0.15, -0.1) is 0 Å². The van der Waals surface area contributed by atoms with Gasteiger partial charge in [-0.05, 0) is 25.1 Å². The summed E-state index contributed by atoms with van der Waals surface area (Å²) in [6.07, 6.45) is -0.299. The quantitative estimate of drug-likeness (QED) is 0.693. The van der Waals surface area contributed by atoms with Crippen molar-refractivity contribution in [3.8, 4) is 5.75 Å². The molecule has 0 heterocycles. The van der Waals surface area contributed by atoms with Crippen LogP contribution in [0.15, 0.2) is 18.2 Å². The molecule has 1 rings (SSSR count). The molecule has 0 saturated carbocycles. The van der Waals surface area contributed by atoms with Crippen LogP contribution in [0.3, 0.4) is 0 Å². The number of carboxylic acids is 1. The highest BCUT2D eigenvalue weighted by molar-refractivity contribution is 5.92. The fourth-order valence-corrected chi connectivity index (χ4v) is 1.52. The van der Waals surface area contributed by atoms with Crippen LogP contribution in [0.4, 0.5) is 5.69 Å². The van der Waals surface area contributed by atoms with Crippen LogP contribution in [-0.2, 0) is 16.2 Å². The molecule has 0 spiro atoms. The third-order valence-electron chi connectivity index (χ3n) is 2.38. The monoisotopic (exact) mass is 267 g/mol. The molecule has 0 aliphatic rings. The second kappa shape index (κ2) is 7.38. The lowest BCUT2D eigenvalue weighted by Crippen LogP contribution is -2.13. The van der Waals surface area contributed by atoms with Crippen molar-refractivity contribution in [2.75, 3.05) is 11.9 Å². The van der Waals surface area contributed by atoms with Crippen molar-refractivity contribution < 1.29 is 24.5 Å². The summed E-state index contributed by atoms with van der Waals surface area (Å²) in [4.78, 5) is 21.8. The normalized spacial score (nSPS) is 10.0. The smallest absolute Gasteiger partial charge is 0.303 e. The lowest BCUT2D eigenvalue weighted by molar-refractivity contribution is -0.138. The van der Waals surface area contributed by atoms with Crippen molar-refractivity contribution in [3.05, 3.63) is 23.8 Å². The largest absolute Gasteiger partial charge is 0.494 e. The van der Waals surface area contributed by atoms with E-state index in [1.807, 2.05) is 6.92 Å². The first-order valence-electron chi connectivity index (χ1n) is 5.95. The Balaban J connectivity index is 2.68. The predicted octanol–water partition coefficient (Wildman–Crippen LogP) is 1.38. The summed E-state index contributed by atoms with van der Waals surface area (Å²) >= 11 is 0. The van der Waals surface area contributed by atoms with Crippen LogP contribution in [0.5, 0.6) is 5.75 Å². The number of hydrogen-bond donors (Lipinski definition) is 3. The summed E-state index contributed by atoms with van der Waals surface area (Å²) in [6, 6.07) is 4.90. The van der Waals surface area contributed by atoms with Gasteiger partial charge in [-0.3, -0.25) is 9.59 Å². The van der Waals surface area contributed by atoms with Gasteiger partial charge in [-0.25, -0.2) is 0 Å². The van der Waals surface area contributed by atoms with Gasteiger partial charge >= 0.3 is 5.97 Å². The minimum Gasteiger partial charge on any atom is -0.494 e. The number of benzene rings is 1. The highest BCUT2D eigenvalue weighted by Gasteiger charge is 2.08. The van der Waals surface area contributed by atoms with Crippen LogP contribution < -0.4 is 10.1 Å². The van der Waals surface area contributed by atoms with E-state index in [4.69, 9.17) is 9.84 Å². The Morgan fingerprint density at radius 1 is 1.32 bits per heavy atom. The predicted molar refractivity (Wildman–Crippen MR) is 69.0 cm³/mol. The number of nitrogens with one attached hydrogen (secondary N) is 1. The highest BCUT2D eigenvalue weighted by Crippen LogP contribution is 2.23. The van der Waals surface area contributed by atoms with E-state index in [1.54, 1.807) is 18.2 Å².